The number of rotatable bonds is 4. The summed E-state index contributed by atoms with van der Waals surface area (Å²) in [7, 11) is 0. The van der Waals surface area contributed by atoms with Gasteiger partial charge >= 0.3 is 0 Å². The summed E-state index contributed by atoms with van der Waals surface area (Å²) in [6.07, 6.45) is 5.82. The Labute approximate surface area is 121 Å². The van der Waals surface area contributed by atoms with Gasteiger partial charge in [0, 0.05) is 29.9 Å². The highest BCUT2D eigenvalue weighted by Crippen LogP contribution is 2.34. The van der Waals surface area contributed by atoms with Gasteiger partial charge in [-0.25, -0.2) is 4.39 Å². The normalized spacial score (nSPS) is 11.0. The molecule has 0 aliphatic rings. The third-order valence-corrected chi connectivity index (χ3v) is 3.12. The predicted molar refractivity (Wildman–Crippen MR) is 78.7 cm³/mol. The molecular formula is C15H15FN4O. The average Bonchev–Trinajstić information content (AvgIpc) is 2.91. The minimum absolute atomic E-state index is 0.0656. The van der Waals surface area contributed by atoms with Crippen molar-refractivity contribution in [3.8, 4) is 11.5 Å². The molecule has 0 unspecified atom stereocenters. The molecular weight excluding hydrogens is 271 g/mol. The summed E-state index contributed by atoms with van der Waals surface area (Å²) in [4.78, 5) is 4.17. The van der Waals surface area contributed by atoms with Gasteiger partial charge in [-0.05, 0) is 18.6 Å². The Kier molecular flexibility index (Phi) is 3.43. The van der Waals surface area contributed by atoms with Gasteiger partial charge in [0.05, 0.1) is 12.4 Å². The van der Waals surface area contributed by atoms with E-state index in [1.54, 1.807) is 35.4 Å². The Bertz CT molecular complexity index is 784. The molecule has 0 aliphatic heterocycles. The fourth-order valence-electron chi connectivity index (χ4n) is 2.18. The number of halogens is 1. The second-order valence-electron chi connectivity index (χ2n) is 4.72. The van der Waals surface area contributed by atoms with E-state index >= 15 is 0 Å². The van der Waals surface area contributed by atoms with Crippen molar-refractivity contribution in [1.29, 1.82) is 0 Å². The maximum Gasteiger partial charge on any atom is 0.189 e. The fraction of sp³-hybridized carbons (Fsp3) is 0.200. The summed E-state index contributed by atoms with van der Waals surface area (Å²) in [6, 6.07) is 4.78. The van der Waals surface area contributed by atoms with Crippen LogP contribution in [-0.4, -0.2) is 14.8 Å². The molecule has 2 heterocycles. The van der Waals surface area contributed by atoms with Crippen LogP contribution in [0.25, 0.3) is 10.9 Å². The first-order chi connectivity index (χ1) is 10.2. The van der Waals surface area contributed by atoms with Crippen LogP contribution in [0, 0.1) is 5.82 Å². The van der Waals surface area contributed by atoms with Gasteiger partial charge < -0.3 is 10.5 Å². The Hall–Kier alpha value is -2.63. The van der Waals surface area contributed by atoms with Crippen molar-refractivity contribution in [1.82, 2.24) is 14.8 Å². The SMILES string of the molecule is CCCn1cc(Oc2c(F)cc(N)c3cccnc23)cn1. The van der Waals surface area contributed by atoms with Gasteiger partial charge in [-0.3, -0.25) is 9.67 Å². The largest absolute Gasteiger partial charge is 0.449 e. The van der Waals surface area contributed by atoms with Crippen molar-refractivity contribution >= 4 is 16.6 Å². The highest BCUT2D eigenvalue weighted by molar-refractivity contribution is 5.94. The first-order valence-corrected chi connectivity index (χ1v) is 6.72. The number of hydrogen-bond acceptors (Lipinski definition) is 4. The number of fused-ring (bicyclic) bond motifs is 1. The molecule has 6 heteroatoms. The average molecular weight is 286 g/mol. The zero-order chi connectivity index (χ0) is 14.8. The van der Waals surface area contributed by atoms with Crippen molar-refractivity contribution in [2.75, 3.05) is 5.73 Å². The molecule has 0 saturated carbocycles. The van der Waals surface area contributed by atoms with E-state index in [-0.39, 0.29) is 5.75 Å². The molecule has 2 aromatic heterocycles. The van der Waals surface area contributed by atoms with Gasteiger partial charge in [0.25, 0.3) is 0 Å². The Morgan fingerprint density at radius 2 is 2.29 bits per heavy atom. The smallest absolute Gasteiger partial charge is 0.189 e. The van der Waals surface area contributed by atoms with E-state index in [4.69, 9.17) is 10.5 Å². The van der Waals surface area contributed by atoms with Crippen LogP contribution in [0.4, 0.5) is 10.1 Å². The van der Waals surface area contributed by atoms with Gasteiger partial charge in [0.2, 0.25) is 0 Å². The zero-order valence-electron chi connectivity index (χ0n) is 11.6. The fourth-order valence-corrected chi connectivity index (χ4v) is 2.18. The van der Waals surface area contributed by atoms with Crippen molar-refractivity contribution < 1.29 is 9.13 Å². The Morgan fingerprint density at radius 1 is 1.43 bits per heavy atom. The van der Waals surface area contributed by atoms with E-state index in [0.29, 0.717) is 22.3 Å². The third-order valence-electron chi connectivity index (χ3n) is 3.12. The first kappa shape index (κ1) is 13.4. The second kappa shape index (κ2) is 5.40. The lowest BCUT2D eigenvalue weighted by molar-refractivity contribution is 0.446. The molecule has 0 aliphatic carbocycles. The molecule has 0 saturated heterocycles. The molecule has 1 aromatic carbocycles. The van der Waals surface area contributed by atoms with Crippen molar-refractivity contribution in [3.63, 3.8) is 0 Å². The van der Waals surface area contributed by atoms with Crippen LogP contribution in [0.1, 0.15) is 13.3 Å². The van der Waals surface area contributed by atoms with E-state index in [1.165, 1.54) is 6.07 Å². The van der Waals surface area contributed by atoms with Gasteiger partial charge in [-0.15, -0.1) is 0 Å². The molecule has 0 atom stereocenters. The summed E-state index contributed by atoms with van der Waals surface area (Å²) in [5, 5.41) is 4.82. The van der Waals surface area contributed by atoms with Crippen molar-refractivity contribution in [3.05, 3.63) is 42.6 Å². The molecule has 3 aromatic rings. The molecule has 5 nitrogen and oxygen atoms in total. The van der Waals surface area contributed by atoms with Crippen LogP contribution in [0.2, 0.25) is 0 Å². The molecule has 0 fully saturated rings. The predicted octanol–water partition coefficient (Wildman–Crippen LogP) is 3.35. The molecule has 0 bridgehead atoms. The van der Waals surface area contributed by atoms with Crippen LogP contribution < -0.4 is 10.5 Å². The highest BCUT2D eigenvalue weighted by atomic mass is 19.1. The van der Waals surface area contributed by atoms with Gasteiger partial charge in [-0.2, -0.15) is 5.10 Å². The molecule has 0 amide bonds. The van der Waals surface area contributed by atoms with Crippen LogP contribution in [0.3, 0.4) is 0 Å². The molecule has 21 heavy (non-hydrogen) atoms. The lowest BCUT2D eigenvalue weighted by Gasteiger charge is -2.09. The number of nitrogens with two attached hydrogens (primary N) is 1. The van der Waals surface area contributed by atoms with E-state index in [0.717, 1.165) is 13.0 Å². The van der Waals surface area contributed by atoms with Crippen molar-refractivity contribution in [2.45, 2.75) is 19.9 Å². The number of ether oxygens (including phenoxy) is 1. The molecule has 0 radical (unpaired) electrons. The number of aromatic nitrogens is 3. The minimum Gasteiger partial charge on any atom is -0.449 e. The summed E-state index contributed by atoms with van der Waals surface area (Å²) >= 11 is 0. The quantitative estimate of drug-likeness (QED) is 0.747. The summed E-state index contributed by atoms with van der Waals surface area (Å²) < 4.78 is 21.5. The van der Waals surface area contributed by atoms with Crippen LogP contribution >= 0.6 is 0 Å². The van der Waals surface area contributed by atoms with Crippen LogP contribution in [0.15, 0.2) is 36.8 Å². The van der Waals surface area contributed by atoms with Crippen LogP contribution in [0.5, 0.6) is 11.5 Å². The van der Waals surface area contributed by atoms with Crippen LogP contribution in [-0.2, 0) is 6.54 Å². The number of pyridine rings is 1. The first-order valence-electron chi connectivity index (χ1n) is 6.72. The topological polar surface area (TPSA) is 66.0 Å². The van der Waals surface area contributed by atoms with E-state index in [1.807, 2.05) is 0 Å². The van der Waals surface area contributed by atoms with E-state index in [2.05, 4.69) is 17.0 Å². The lowest BCUT2D eigenvalue weighted by Crippen LogP contribution is -1.97. The maximum absolute atomic E-state index is 14.1. The number of nitrogens with zero attached hydrogens (tertiary/aromatic N) is 3. The van der Waals surface area contributed by atoms with Gasteiger partial charge in [0.1, 0.15) is 5.52 Å². The number of nitrogen functional groups attached to an aromatic ring is 1. The summed E-state index contributed by atoms with van der Waals surface area (Å²) in [5.41, 5.74) is 6.55. The zero-order valence-corrected chi connectivity index (χ0v) is 11.6. The molecule has 3 rings (SSSR count). The molecule has 0 spiro atoms. The Morgan fingerprint density at radius 3 is 3.10 bits per heavy atom. The van der Waals surface area contributed by atoms with Gasteiger partial charge in [-0.1, -0.05) is 6.92 Å². The standard InChI is InChI=1S/C15H15FN4O/c1-2-6-20-9-10(8-19-20)21-15-12(16)7-13(17)11-4-3-5-18-14(11)15/h3-5,7-9H,2,6,17H2,1H3. The minimum atomic E-state index is -0.540. The summed E-state index contributed by atoms with van der Waals surface area (Å²) in [6.45, 7) is 2.84. The summed E-state index contributed by atoms with van der Waals surface area (Å²) in [5.74, 6) is -0.00290. The second-order valence-corrected chi connectivity index (χ2v) is 4.72. The maximum atomic E-state index is 14.1. The number of anilines is 1. The van der Waals surface area contributed by atoms with Gasteiger partial charge in [0.15, 0.2) is 17.3 Å². The van der Waals surface area contributed by atoms with Crippen molar-refractivity contribution in [2.24, 2.45) is 0 Å². The monoisotopic (exact) mass is 286 g/mol. The Balaban J connectivity index is 2.03. The highest BCUT2D eigenvalue weighted by Gasteiger charge is 2.14. The molecule has 108 valence electrons. The molecule has 2 N–H and O–H groups in total. The number of benzene rings is 1. The lowest BCUT2D eigenvalue weighted by atomic mass is 10.1. The third kappa shape index (κ3) is 2.52. The number of aryl methyl sites for hydroxylation is 1. The van der Waals surface area contributed by atoms with E-state index in [9.17, 15) is 4.39 Å². The number of hydrogen-bond donors (Lipinski definition) is 1. The van der Waals surface area contributed by atoms with E-state index < -0.39 is 5.82 Å².